The quantitative estimate of drug-likeness (QED) is 0.210. The van der Waals surface area contributed by atoms with Gasteiger partial charge in [-0.1, -0.05) is 97.5 Å². The molecule has 39 heavy (non-hydrogen) atoms. The molecule has 3 aromatic rings. The Balaban J connectivity index is 1.52. The smallest absolute Gasteiger partial charge is 0.265 e. The zero-order valence-corrected chi connectivity index (χ0v) is 24.5. The van der Waals surface area contributed by atoms with Crippen molar-refractivity contribution in [1.82, 2.24) is 9.80 Å². The molecular weight excluding hydrogens is 498 g/mol. The van der Waals surface area contributed by atoms with E-state index < -0.39 is 5.54 Å². The molecule has 2 aromatic carbocycles. The first-order valence-corrected chi connectivity index (χ1v) is 14.9. The number of benzene rings is 2. The molecule has 1 aliphatic heterocycles. The summed E-state index contributed by atoms with van der Waals surface area (Å²) in [5.41, 5.74) is 2.18. The van der Waals surface area contributed by atoms with Crippen LogP contribution in [0.2, 0.25) is 0 Å². The number of nitrogens with zero attached hydrogens (tertiary/aromatic N) is 3. The van der Waals surface area contributed by atoms with Gasteiger partial charge in [0, 0.05) is 6.54 Å². The minimum Gasteiger partial charge on any atom is -0.306 e. The predicted octanol–water partition coefficient (Wildman–Crippen LogP) is 7.54. The average molecular weight is 540 g/mol. The van der Waals surface area contributed by atoms with Gasteiger partial charge in [-0.05, 0) is 81.7 Å². The Kier molecular flexibility index (Phi) is 10.1. The molecule has 0 saturated carbocycles. The van der Waals surface area contributed by atoms with E-state index in [-0.39, 0.29) is 5.91 Å². The van der Waals surface area contributed by atoms with Crippen molar-refractivity contribution < 1.29 is 4.79 Å². The van der Waals surface area contributed by atoms with Crippen LogP contribution in [0.15, 0.2) is 107 Å². The number of amides is 1. The molecule has 1 amide bonds. The van der Waals surface area contributed by atoms with E-state index in [1.807, 2.05) is 71.6 Å². The Hall–Kier alpha value is -3.28. The lowest BCUT2D eigenvalue weighted by atomic mass is 9.83. The molecule has 1 unspecified atom stereocenters. The number of thiophene rings is 1. The fourth-order valence-electron chi connectivity index (χ4n) is 5.39. The number of hydrogen-bond acceptors (Lipinski definition) is 4. The highest BCUT2D eigenvalue weighted by atomic mass is 32.1. The van der Waals surface area contributed by atoms with Crippen LogP contribution in [0.3, 0.4) is 0 Å². The molecule has 0 radical (unpaired) electrons. The largest absolute Gasteiger partial charge is 0.306 e. The van der Waals surface area contributed by atoms with E-state index in [1.165, 1.54) is 5.57 Å². The average Bonchev–Trinajstić information content (AvgIpc) is 3.60. The lowest BCUT2D eigenvalue weighted by Crippen LogP contribution is -2.42. The Morgan fingerprint density at radius 3 is 2.26 bits per heavy atom. The summed E-state index contributed by atoms with van der Waals surface area (Å²) in [5.74, 6) is 1.40. The van der Waals surface area contributed by atoms with Crippen molar-refractivity contribution in [2.24, 2.45) is 10.9 Å². The molecule has 0 bridgehead atoms. The molecule has 4 nitrogen and oxygen atoms in total. The van der Waals surface area contributed by atoms with E-state index in [1.54, 1.807) is 11.3 Å². The topological polar surface area (TPSA) is 35.9 Å². The highest BCUT2D eigenvalue weighted by molar-refractivity contribution is 7.12. The van der Waals surface area contributed by atoms with Gasteiger partial charge < -0.3 is 4.90 Å². The highest BCUT2D eigenvalue weighted by Gasteiger charge is 2.51. The molecule has 5 heteroatoms. The van der Waals surface area contributed by atoms with E-state index in [0.717, 1.165) is 54.2 Å². The van der Waals surface area contributed by atoms with E-state index in [2.05, 4.69) is 62.4 Å². The van der Waals surface area contributed by atoms with Crippen molar-refractivity contribution in [3.05, 3.63) is 118 Å². The van der Waals surface area contributed by atoms with Crippen LogP contribution in [-0.2, 0) is 10.3 Å². The molecule has 0 saturated heterocycles. The van der Waals surface area contributed by atoms with Gasteiger partial charge in [0.15, 0.2) is 5.54 Å². The molecule has 0 N–H and O–H groups in total. The van der Waals surface area contributed by atoms with Crippen LogP contribution in [0, 0.1) is 5.92 Å². The van der Waals surface area contributed by atoms with Crippen LogP contribution >= 0.6 is 11.3 Å². The molecule has 0 spiro atoms. The fourth-order valence-corrected chi connectivity index (χ4v) is 6.11. The van der Waals surface area contributed by atoms with Crippen molar-refractivity contribution >= 4 is 23.1 Å². The second-order valence-corrected chi connectivity index (χ2v) is 11.2. The first kappa shape index (κ1) is 28.7. The van der Waals surface area contributed by atoms with Gasteiger partial charge in [-0.25, -0.2) is 4.99 Å². The maximum Gasteiger partial charge on any atom is 0.265 e. The minimum absolute atomic E-state index is 0.0294. The van der Waals surface area contributed by atoms with Crippen LogP contribution < -0.4 is 0 Å². The standard InChI is InChI=1S/C34H41N3OS/c1-5-7-16-27(3)28(6-2)22-25-36(4)23-15-24-37-32(31-21-14-26-39-31)35-34(33(37)38,29-17-10-8-11-18-29)30-19-12-9-13-20-30/h5,7-14,16-21,26,28H,6,15,22-25H2,1-4H3/b7-5-,27-16+. The van der Waals surface area contributed by atoms with Gasteiger partial charge in [0.1, 0.15) is 5.84 Å². The van der Waals surface area contributed by atoms with E-state index in [0.29, 0.717) is 12.5 Å². The van der Waals surface area contributed by atoms with Gasteiger partial charge in [-0.3, -0.25) is 9.69 Å². The first-order chi connectivity index (χ1) is 19.0. The number of rotatable bonds is 13. The molecule has 0 fully saturated rings. The maximum atomic E-state index is 14.4. The summed E-state index contributed by atoms with van der Waals surface area (Å²) in [6.45, 7) is 9.18. The third-order valence-corrected chi connectivity index (χ3v) is 8.54. The van der Waals surface area contributed by atoms with E-state index in [4.69, 9.17) is 4.99 Å². The van der Waals surface area contributed by atoms with E-state index >= 15 is 0 Å². The normalized spacial score (nSPS) is 16.3. The summed E-state index contributed by atoms with van der Waals surface area (Å²) in [5, 5.41) is 2.05. The van der Waals surface area contributed by atoms with Crippen molar-refractivity contribution in [3.63, 3.8) is 0 Å². The zero-order chi connectivity index (χ0) is 27.7. The molecule has 204 valence electrons. The monoisotopic (exact) mass is 539 g/mol. The predicted molar refractivity (Wildman–Crippen MR) is 165 cm³/mol. The molecule has 4 rings (SSSR count). The van der Waals surface area contributed by atoms with Gasteiger partial charge >= 0.3 is 0 Å². The van der Waals surface area contributed by atoms with Crippen molar-refractivity contribution in [3.8, 4) is 0 Å². The number of amidine groups is 1. The van der Waals surface area contributed by atoms with Crippen LogP contribution in [-0.4, -0.2) is 48.2 Å². The summed E-state index contributed by atoms with van der Waals surface area (Å²) < 4.78 is 0. The van der Waals surface area contributed by atoms with Crippen molar-refractivity contribution in [2.45, 2.75) is 45.6 Å². The zero-order valence-electron chi connectivity index (χ0n) is 23.7. The molecule has 1 aromatic heterocycles. The van der Waals surface area contributed by atoms with Crippen molar-refractivity contribution in [2.75, 3.05) is 26.7 Å². The summed E-state index contributed by atoms with van der Waals surface area (Å²) in [6.07, 6.45) is 9.63. The molecule has 2 heterocycles. The Labute approximate surface area is 238 Å². The second kappa shape index (κ2) is 13.7. The number of aliphatic imine (C=N–C) groups is 1. The number of allylic oxidation sites excluding steroid dienone is 4. The van der Waals surface area contributed by atoms with Crippen molar-refractivity contribution in [1.29, 1.82) is 0 Å². The van der Waals surface area contributed by atoms with Crippen LogP contribution in [0.4, 0.5) is 0 Å². The lowest BCUT2D eigenvalue weighted by molar-refractivity contribution is -0.130. The SMILES string of the molecule is C/C=C\C=C(/C)C(CC)CCN(C)CCCN1C(=O)C(c2ccccc2)(c2ccccc2)N=C1c1cccs1. The lowest BCUT2D eigenvalue weighted by Gasteiger charge is -2.28. The van der Waals surface area contributed by atoms with E-state index in [9.17, 15) is 4.79 Å². The molecule has 0 aliphatic carbocycles. The van der Waals surface area contributed by atoms with Gasteiger partial charge in [0.05, 0.1) is 4.88 Å². The van der Waals surface area contributed by atoms with Crippen LogP contribution in [0.25, 0.3) is 0 Å². The molecule has 1 atom stereocenters. The summed E-state index contributed by atoms with van der Waals surface area (Å²) in [6, 6.07) is 24.1. The number of hydrogen-bond donors (Lipinski definition) is 0. The third-order valence-electron chi connectivity index (χ3n) is 7.68. The Morgan fingerprint density at radius 2 is 1.69 bits per heavy atom. The summed E-state index contributed by atoms with van der Waals surface area (Å²) in [7, 11) is 2.19. The Bertz CT molecular complexity index is 1240. The molecule has 1 aliphatic rings. The van der Waals surface area contributed by atoms with Gasteiger partial charge in [0.2, 0.25) is 0 Å². The highest BCUT2D eigenvalue weighted by Crippen LogP contribution is 2.41. The summed E-state index contributed by atoms with van der Waals surface area (Å²) >= 11 is 1.63. The third kappa shape index (κ3) is 6.48. The number of carbonyl (C=O) groups excluding carboxylic acids is 1. The first-order valence-electron chi connectivity index (χ1n) is 14.1. The van der Waals surface area contributed by atoms with Gasteiger partial charge in [0.25, 0.3) is 5.91 Å². The number of carbonyl (C=O) groups is 1. The van der Waals surface area contributed by atoms with Crippen LogP contribution in [0.5, 0.6) is 0 Å². The second-order valence-electron chi connectivity index (χ2n) is 10.3. The van der Waals surface area contributed by atoms with Crippen LogP contribution in [0.1, 0.15) is 56.0 Å². The minimum atomic E-state index is -1.07. The fraction of sp³-hybridized carbons (Fsp3) is 0.353. The summed E-state index contributed by atoms with van der Waals surface area (Å²) in [4.78, 5) is 25.0. The maximum absolute atomic E-state index is 14.4. The van der Waals surface area contributed by atoms with Gasteiger partial charge in [-0.2, -0.15) is 0 Å². The molecular formula is C34H41N3OS. The van der Waals surface area contributed by atoms with Gasteiger partial charge in [-0.15, -0.1) is 11.3 Å². The Morgan fingerprint density at radius 1 is 1.03 bits per heavy atom.